The van der Waals surface area contributed by atoms with Gasteiger partial charge in [0.15, 0.2) is 5.82 Å². The zero-order valence-corrected chi connectivity index (χ0v) is 16.1. The van der Waals surface area contributed by atoms with Crippen LogP contribution in [0.2, 0.25) is 5.02 Å². The number of carbonyl (C=O) groups excluding carboxylic acids is 1. The lowest BCUT2D eigenvalue weighted by Gasteiger charge is -2.26. The van der Waals surface area contributed by atoms with Crippen molar-refractivity contribution in [1.29, 1.82) is 5.26 Å². The highest BCUT2D eigenvalue weighted by atomic mass is 35.5. The van der Waals surface area contributed by atoms with Gasteiger partial charge in [-0.2, -0.15) is 15.3 Å². The Bertz CT molecular complexity index is 1010. The van der Waals surface area contributed by atoms with Crippen molar-refractivity contribution in [3.63, 3.8) is 0 Å². The fraction of sp³-hybridized carbons (Fsp3) is 0.211. The molecule has 2 heterocycles. The number of carbonyl (C=O) groups is 1. The van der Waals surface area contributed by atoms with Gasteiger partial charge in [0, 0.05) is 12.1 Å². The first-order chi connectivity index (χ1) is 13.5. The van der Waals surface area contributed by atoms with E-state index < -0.39 is 5.91 Å². The van der Waals surface area contributed by atoms with Gasteiger partial charge in [-0.15, -0.1) is 0 Å². The Morgan fingerprint density at radius 1 is 1.36 bits per heavy atom. The molecular formula is C19H18ClN7O. The normalized spacial score (nSPS) is 10.5. The number of hydrogen-bond donors (Lipinski definition) is 2. The third-order valence-corrected chi connectivity index (χ3v) is 4.02. The first kappa shape index (κ1) is 19.3. The van der Waals surface area contributed by atoms with Crippen LogP contribution < -0.4 is 10.4 Å². The summed E-state index contributed by atoms with van der Waals surface area (Å²) in [6, 6.07) is 13.1. The molecule has 28 heavy (non-hydrogen) atoms. The second-order valence-corrected chi connectivity index (χ2v) is 6.86. The van der Waals surface area contributed by atoms with Crippen LogP contribution in [0.1, 0.15) is 30.2 Å². The minimum atomic E-state index is -0.400. The summed E-state index contributed by atoms with van der Waals surface area (Å²) in [5, 5.41) is 17.7. The van der Waals surface area contributed by atoms with Crippen molar-refractivity contribution in [3.8, 4) is 17.3 Å². The molecule has 0 saturated carbocycles. The molecule has 1 aromatic carbocycles. The minimum absolute atomic E-state index is 0.0321. The topological polar surface area (TPSA) is 111 Å². The highest BCUT2D eigenvalue weighted by molar-refractivity contribution is 6.32. The summed E-state index contributed by atoms with van der Waals surface area (Å²) in [5.74, 6) is 0.0235. The third-order valence-electron chi connectivity index (χ3n) is 3.76. The molecule has 9 heteroatoms. The highest BCUT2D eigenvalue weighted by Gasteiger charge is 2.20. The van der Waals surface area contributed by atoms with Crippen LogP contribution in [0.4, 0.5) is 5.82 Å². The van der Waals surface area contributed by atoms with Crippen LogP contribution in [-0.4, -0.2) is 32.6 Å². The number of halogens is 1. The van der Waals surface area contributed by atoms with E-state index in [4.69, 9.17) is 16.9 Å². The summed E-state index contributed by atoms with van der Waals surface area (Å²) in [6.07, 6.45) is 1.34. The molecule has 0 aliphatic carbocycles. The molecule has 8 nitrogen and oxygen atoms in total. The zero-order chi connectivity index (χ0) is 20.1. The predicted octanol–water partition coefficient (Wildman–Crippen LogP) is 3.20. The number of nitrogens with zero attached hydrogens (tertiary/aromatic N) is 5. The van der Waals surface area contributed by atoms with Gasteiger partial charge in [-0.05, 0) is 12.0 Å². The largest absolute Gasteiger partial charge is 0.287 e. The average molecular weight is 396 g/mol. The van der Waals surface area contributed by atoms with Crippen LogP contribution in [0.3, 0.4) is 0 Å². The van der Waals surface area contributed by atoms with Crippen LogP contribution in [0.5, 0.6) is 0 Å². The molecule has 0 unspecified atom stereocenters. The summed E-state index contributed by atoms with van der Waals surface area (Å²) in [6.45, 7) is 4.42. The smallest absolute Gasteiger partial charge is 0.272 e. The van der Waals surface area contributed by atoms with Gasteiger partial charge >= 0.3 is 0 Å². The molecule has 1 amide bonds. The standard InChI is InChI=1S/C19H18ClN7O/c1-12(2)11-27(18-14(20)10-22-17(9-21)23-18)26-19(28)16-8-15(24-25-16)13-6-4-3-5-7-13/h3-8,10,12H,11H2,1-2H3,(H,24,25)(H,26,28). The number of benzene rings is 1. The molecular weight excluding hydrogens is 378 g/mol. The molecule has 3 rings (SSSR count). The molecule has 2 N–H and O–H groups in total. The van der Waals surface area contributed by atoms with Gasteiger partial charge in [0.1, 0.15) is 16.8 Å². The molecule has 0 radical (unpaired) electrons. The molecule has 2 aromatic heterocycles. The number of nitrogens with one attached hydrogen (secondary N) is 2. The first-order valence-electron chi connectivity index (χ1n) is 8.60. The molecule has 0 spiro atoms. The van der Waals surface area contributed by atoms with Crippen LogP contribution >= 0.6 is 11.6 Å². The van der Waals surface area contributed by atoms with E-state index in [2.05, 4.69) is 25.6 Å². The van der Waals surface area contributed by atoms with Crippen LogP contribution in [-0.2, 0) is 0 Å². The van der Waals surface area contributed by atoms with E-state index in [1.165, 1.54) is 11.2 Å². The predicted molar refractivity (Wildman–Crippen MR) is 105 cm³/mol. The van der Waals surface area contributed by atoms with Gasteiger partial charge in [-0.25, -0.2) is 4.98 Å². The highest BCUT2D eigenvalue weighted by Crippen LogP contribution is 2.22. The quantitative estimate of drug-likeness (QED) is 0.620. The van der Waals surface area contributed by atoms with Gasteiger partial charge < -0.3 is 0 Å². The van der Waals surface area contributed by atoms with Gasteiger partial charge in [-0.3, -0.25) is 20.3 Å². The molecule has 0 atom stereocenters. The van der Waals surface area contributed by atoms with Gasteiger partial charge in [-0.1, -0.05) is 55.8 Å². The summed E-state index contributed by atoms with van der Waals surface area (Å²) in [4.78, 5) is 20.7. The molecule has 0 aliphatic heterocycles. The number of hydrazine groups is 1. The lowest BCUT2D eigenvalue weighted by Crippen LogP contribution is -2.45. The molecule has 0 fully saturated rings. The van der Waals surface area contributed by atoms with Gasteiger partial charge in [0.25, 0.3) is 5.91 Å². The summed E-state index contributed by atoms with van der Waals surface area (Å²) >= 11 is 6.20. The Labute approximate surface area is 167 Å². The Morgan fingerprint density at radius 2 is 2.11 bits per heavy atom. The molecule has 142 valence electrons. The second kappa shape index (κ2) is 8.50. The molecule has 3 aromatic rings. The number of rotatable bonds is 6. The summed E-state index contributed by atoms with van der Waals surface area (Å²) < 4.78 is 0. The van der Waals surface area contributed by atoms with Crippen LogP contribution in [0, 0.1) is 17.2 Å². The lowest BCUT2D eigenvalue weighted by atomic mass is 10.1. The lowest BCUT2D eigenvalue weighted by molar-refractivity contribution is 0.0942. The van der Waals surface area contributed by atoms with E-state index in [1.54, 1.807) is 6.07 Å². The van der Waals surface area contributed by atoms with E-state index in [0.717, 1.165) is 5.56 Å². The fourth-order valence-corrected chi connectivity index (χ4v) is 2.72. The number of aromatic amines is 1. The maximum Gasteiger partial charge on any atom is 0.287 e. The number of amides is 1. The fourth-order valence-electron chi connectivity index (χ4n) is 2.53. The molecule has 0 bridgehead atoms. The number of aromatic nitrogens is 4. The Morgan fingerprint density at radius 3 is 2.79 bits per heavy atom. The Hall–Kier alpha value is -3.44. The van der Waals surface area contributed by atoms with E-state index >= 15 is 0 Å². The zero-order valence-electron chi connectivity index (χ0n) is 15.3. The van der Waals surface area contributed by atoms with E-state index in [0.29, 0.717) is 17.9 Å². The van der Waals surface area contributed by atoms with Gasteiger partial charge in [0.05, 0.1) is 11.9 Å². The third kappa shape index (κ3) is 4.45. The van der Waals surface area contributed by atoms with E-state index in [9.17, 15) is 4.79 Å². The Balaban J connectivity index is 1.85. The number of nitriles is 1. The van der Waals surface area contributed by atoms with Crippen molar-refractivity contribution >= 4 is 23.3 Å². The van der Waals surface area contributed by atoms with Crippen LogP contribution in [0.25, 0.3) is 11.3 Å². The minimum Gasteiger partial charge on any atom is -0.272 e. The number of H-pyrrole nitrogens is 1. The second-order valence-electron chi connectivity index (χ2n) is 6.46. The summed E-state index contributed by atoms with van der Waals surface area (Å²) in [7, 11) is 0. The van der Waals surface area contributed by atoms with Crippen molar-refractivity contribution < 1.29 is 4.79 Å². The van der Waals surface area contributed by atoms with Crippen molar-refractivity contribution in [2.45, 2.75) is 13.8 Å². The van der Waals surface area contributed by atoms with Crippen LogP contribution in [0.15, 0.2) is 42.6 Å². The monoisotopic (exact) mass is 395 g/mol. The molecule has 0 aliphatic rings. The summed E-state index contributed by atoms with van der Waals surface area (Å²) in [5.41, 5.74) is 4.62. The SMILES string of the molecule is CC(C)CN(NC(=O)c1cc(-c2ccccc2)n[nH]1)c1nc(C#N)ncc1Cl. The maximum absolute atomic E-state index is 12.7. The maximum atomic E-state index is 12.7. The first-order valence-corrected chi connectivity index (χ1v) is 8.97. The van der Waals surface area contributed by atoms with Crippen molar-refractivity contribution in [2.75, 3.05) is 11.6 Å². The van der Waals surface area contributed by atoms with Gasteiger partial charge in [0.2, 0.25) is 5.82 Å². The van der Waals surface area contributed by atoms with E-state index in [1.807, 2.05) is 50.2 Å². The Kier molecular flexibility index (Phi) is 5.87. The van der Waals surface area contributed by atoms with E-state index in [-0.39, 0.29) is 22.6 Å². The van der Waals surface area contributed by atoms with Crippen molar-refractivity contribution in [2.24, 2.45) is 5.92 Å². The number of hydrogen-bond acceptors (Lipinski definition) is 6. The van der Waals surface area contributed by atoms with Crippen molar-refractivity contribution in [1.82, 2.24) is 25.6 Å². The average Bonchev–Trinajstić information content (AvgIpc) is 3.18. The van der Waals surface area contributed by atoms with Crippen molar-refractivity contribution in [3.05, 3.63) is 59.1 Å². The molecule has 0 saturated heterocycles. The number of anilines is 1.